The summed E-state index contributed by atoms with van der Waals surface area (Å²) in [5.74, 6) is -1.99. The van der Waals surface area contributed by atoms with Crippen molar-refractivity contribution in [3.05, 3.63) is 12.2 Å². The molecular weight excluding hydrogens is 1300 g/mol. The third kappa shape index (κ3) is 39.0. The minimum atomic E-state index is -5.70. The highest BCUT2D eigenvalue weighted by Gasteiger charge is 2.58. The molecule has 11 N–H and O–H groups in total. The summed E-state index contributed by atoms with van der Waals surface area (Å²) in [5, 5.41) is 110. The number of esters is 3. The third-order valence-electron chi connectivity index (χ3n) is 19.3. The number of hydrogen-bond donors (Lipinski definition) is 11. The number of allylic oxidation sites excluding steroid dienone is 2. The summed E-state index contributed by atoms with van der Waals surface area (Å²) in [6.45, 7) is 3.46. The van der Waals surface area contributed by atoms with Crippen molar-refractivity contribution in [1.82, 2.24) is 0 Å². The summed E-state index contributed by atoms with van der Waals surface area (Å²) < 4.78 is 65.1. The second kappa shape index (κ2) is 56.1. The van der Waals surface area contributed by atoms with Crippen LogP contribution in [-0.4, -0.2) is 204 Å². The molecule has 0 amide bonds. The molecule has 3 rings (SSSR count). The number of phosphoric ester groups is 1. The van der Waals surface area contributed by atoms with Gasteiger partial charge in [-0.2, -0.15) is 0 Å². The van der Waals surface area contributed by atoms with E-state index in [1.807, 2.05) is 0 Å². The van der Waals surface area contributed by atoms with Crippen LogP contribution in [0.25, 0.3) is 0 Å². The van der Waals surface area contributed by atoms with Gasteiger partial charge in [0.25, 0.3) is 0 Å². The zero-order valence-corrected chi connectivity index (χ0v) is 61.7. The molecule has 3 aliphatic rings. The SMILES string of the molecule is CCCCCCCCC/C=C\CCCCCC(=O)OCC1OC(OC2C(O)C(O)C(O)C(OC3OC(CO)C(O)C(O)C3O)C2OP(=O)(O)OCC(COC(=O)CCCCCCCCCCCCCCCCC)OC(=O)CCCCCCCCCCCCCCCCC)C(O)C(O)C1O. The Balaban J connectivity index is 1.72. The first-order valence-electron chi connectivity index (χ1n) is 39.0. The molecule has 2 heterocycles. The molecule has 1 aliphatic carbocycles. The van der Waals surface area contributed by atoms with E-state index in [1.54, 1.807) is 0 Å². The number of ether oxygens (including phenoxy) is 7. The Morgan fingerprint density at radius 2 is 0.707 bits per heavy atom. The van der Waals surface area contributed by atoms with E-state index in [1.165, 1.54) is 161 Å². The van der Waals surface area contributed by atoms with Crippen LogP contribution in [0.5, 0.6) is 0 Å². The van der Waals surface area contributed by atoms with Gasteiger partial charge in [-0.05, 0) is 44.9 Å². The Kier molecular flexibility index (Phi) is 51.5. The molecule has 24 nitrogen and oxygen atoms in total. The molecule has 0 aromatic carbocycles. The lowest BCUT2D eigenvalue weighted by Gasteiger charge is -2.49. The minimum Gasteiger partial charge on any atom is -0.463 e. The van der Waals surface area contributed by atoms with Crippen LogP contribution in [0.2, 0.25) is 0 Å². The van der Waals surface area contributed by atoms with E-state index in [0.29, 0.717) is 19.3 Å². The number of rotatable bonds is 61. The first kappa shape index (κ1) is 90.9. The van der Waals surface area contributed by atoms with E-state index in [-0.39, 0.29) is 19.3 Å². The summed E-state index contributed by atoms with van der Waals surface area (Å²) in [6.07, 6.45) is 15.5. The highest BCUT2D eigenvalue weighted by Crippen LogP contribution is 2.49. The van der Waals surface area contributed by atoms with Gasteiger partial charge < -0.3 is 89.1 Å². The summed E-state index contributed by atoms with van der Waals surface area (Å²) >= 11 is 0. The topological polar surface area (TPSA) is 374 Å². The predicted octanol–water partition coefficient (Wildman–Crippen LogP) is 11.1. The zero-order chi connectivity index (χ0) is 72.5. The third-order valence-corrected chi connectivity index (χ3v) is 20.3. The van der Waals surface area contributed by atoms with Crippen molar-refractivity contribution in [3.63, 3.8) is 0 Å². The van der Waals surface area contributed by atoms with Crippen LogP contribution in [0, 0.1) is 0 Å². The van der Waals surface area contributed by atoms with E-state index < -0.39 is 156 Å². The number of phosphoric acid groups is 1. The van der Waals surface area contributed by atoms with Crippen molar-refractivity contribution in [3.8, 4) is 0 Å². The van der Waals surface area contributed by atoms with Crippen LogP contribution < -0.4 is 0 Å². The van der Waals surface area contributed by atoms with Gasteiger partial charge in [-0.25, -0.2) is 4.57 Å². The average Bonchev–Trinajstić information content (AvgIpc) is 0.763. The molecule has 582 valence electrons. The van der Waals surface area contributed by atoms with E-state index >= 15 is 0 Å². The quantitative estimate of drug-likeness (QED) is 0.00886. The average molecular weight is 1440 g/mol. The Labute approximate surface area is 592 Å². The van der Waals surface area contributed by atoms with Gasteiger partial charge in [-0.15, -0.1) is 0 Å². The fraction of sp³-hybridized carbons (Fsp3) is 0.932. The highest BCUT2D eigenvalue weighted by molar-refractivity contribution is 7.47. The monoisotopic (exact) mass is 1440 g/mol. The van der Waals surface area contributed by atoms with Crippen LogP contribution >= 0.6 is 7.82 Å². The molecule has 0 spiro atoms. The zero-order valence-electron chi connectivity index (χ0n) is 60.8. The Morgan fingerprint density at radius 1 is 0.384 bits per heavy atom. The maximum Gasteiger partial charge on any atom is 0.472 e. The van der Waals surface area contributed by atoms with E-state index in [4.69, 9.17) is 42.2 Å². The van der Waals surface area contributed by atoms with Crippen LogP contribution in [-0.2, 0) is 61.2 Å². The molecule has 18 atom stereocenters. The van der Waals surface area contributed by atoms with E-state index in [0.717, 1.165) is 89.9 Å². The number of aliphatic hydroxyl groups is 10. The summed E-state index contributed by atoms with van der Waals surface area (Å²) in [7, 11) is -5.70. The van der Waals surface area contributed by atoms with Gasteiger partial charge in [0.15, 0.2) is 18.7 Å². The fourth-order valence-electron chi connectivity index (χ4n) is 12.9. The number of carbonyl (C=O) groups is 3. The summed E-state index contributed by atoms with van der Waals surface area (Å²) in [5.41, 5.74) is 0. The summed E-state index contributed by atoms with van der Waals surface area (Å²) in [6, 6.07) is 0. The molecule has 2 aliphatic heterocycles. The maximum absolute atomic E-state index is 14.3. The van der Waals surface area contributed by atoms with Crippen LogP contribution in [0.4, 0.5) is 0 Å². The van der Waals surface area contributed by atoms with E-state index in [2.05, 4.69) is 32.9 Å². The van der Waals surface area contributed by atoms with Crippen molar-refractivity contribution in [1.29, 1.82) is 0 Å². The van der Waals surface area contributed by atoms with Gasteiger partial charge in [0, 0.05) is 19.3 Å². The first-order chi connectivity index (χ1) is 47.8. The molecule has 2 saturated heterocycles. The minimum absolute atomic E-state index is 0.00969. The summed E-state index contributed by atoms with van der Waals surface area (Å²) in [4.78, 5) is 51.0. The molecule has 1 saturated carbocycles. The number of hydrogen-bond acceptors (Lipinski definition) is 23. The maximum atomic E-state index is 14.3. The molecule has 99 heavy (non-hydrogen) atoms. The van der Waals surface area contributed by atoms with Crippen LogP contribution in [0.15, 0.2) is 12.2 Å². The second-order valence-corrected chi connectivity index (χ2v) is 29.5. The van der Waals surface area contributed by atoms with Crippen molar-refractivity contribution >= 4 is 25.7 Å². The van der Waals surface area contributed by atoms with E-state index in [9.17, 15) is 74.9 Å². The molecule has 18 unspecified atom stereocenters. The molecule has 0 bridgehead atoms. The lowest BCUT2D eigenvalue weighted by Crippen LogP contribution is -2.69. The molecule has 0 aromatic rings. The van der Waals surface area contributed by atoms with Gasteiger partial charge in [0.1, 0.15) is 98.7 Å². The normalized spacial score (nSPS) is 27.5. The molecule has 0 aromatic heterocycles. The van der Waals surface area contributed by atoms with Crippen molar-refractivity contribution in [2.75, 3.05) is 26.4 Å². The van der Waals surface area contributed by atoms with Crippen molar-refractivity contribution in [2.45, 2.75) is 414 Å². The lowest BCUT2D eigenvalue weighted by atomic mass is 9.84. The second-order valence-electron chi connectivity index (χ2n) is 28.1. The number of unbranched alkanes of at least 4 members (excludes halogenated alkanes) is 38. The molecular formula is C74H137O24P. The van der Waals surface area contributed by atoms with Crippen molar-refractivity contribution in [2.24, 2.45) is 0 Å². The van der Waals surface area contributed by atoms with Crippen LogP contribution in [0.3, 0.4) is 0 Å². The van der Waals surface area contributed by atoms with Gasteiger partial charge in [-0.1, -0.05) is 258 Å². The van der Waals surface area contributed by atoms with Crippen molar-refractivity contribution < 1.29 is 117 Å². The fourth-order valence-corrected chi connectivity index (χ4v) is 13.9. The lowest BCUT2D eigenvalue weighted by molar-refractivity contribution is -0.360. The number of aliphatic hydroxyl groups excluding tert-OH is 10. The molecule has 25 heteroatoms. The van der Waals surface area contributed by atoms with Crippen LogP contribution in [0.1, 0.15) is 310 Å². The van der Waals surface area contributed by atoms with Gasteiger partial charge in [0.2, 0.25) is 0 Å². The van der Waals surface area contributed by atoms with Gasteiger partial charge >= 0.3 is 25.7 Å². The van der Waals surface area contributed by atoms with Gasteiger partial charge in [0.05, 0.1) is 13.2 Å². The Morgan fingerprint density at radius 3 is 1.10 bits per heavy atom. The predicted molar refractivity (Wildman–Crippen MR) is 375 cm³/mol. The van der Waals surface area contributed by atoms with Gasteiger partial charge in [-0.3, -0.25) is 23.4 Å². The molecule has 0 radical (unpaired) electrons. The standard InChI is InChI=1S/C74H137O24P/c1-4-7-10-13-16-19-22-25-28-31-34-36-39-42-45-48-58(76)90-52-55(93-60(78)50-47-44-41-38-35-32-29-26-23-20-17-14-11-8-5-2)53-92-99(88,89)98-72-70(96-73-68(86)63(81)61(79)56(51-75)94-73)66(84)65(83)67(85)71(72)97-74-69(87)64(82)62(80)57(95-74)54-91-59(77)49-46-43-40-37-33-30-27-24-21-18-15-12-9-6-3/h30,33,55-57,61-75,79-87H,4-29,31-32,34-54H2,1-3H3,(H,88,89)/b33-30-. The smallest absolute Gasteiger partial charge is 0.463 e. The highest BCUT2D eigenvalue weighted by atomic mass is 31.2. The Hall–Kier alpha value is -2.30. The molecule has 3 fully saturated rings. The Bertz CT molecular complexity index is 2090. The first-order valence-corrected chi connectivity index (χ1v) is 40.5. The number of carbonyl (C=O) groups excluding carboxylic acids is 3. The largest absolute Gasteiger partial charge is 0.472 e.